The molecule has 2 nitrogen and oxygen atoms in total. The molecule has 0 amide bonds. The molecule has 1 saturated carbocycles. The summed E-state index contributed by atoms with van der Waals surface area (Å²) in [6.45, 7) is 9.28. The van der Waals surface area contributed by atoms with Crippen molar-refractivity contribution in [3.8, 4) is 0 Å². The summed E-state index contributed by atoms with van der Waals surface area (Å²) in [6.07, 6.45) is 5.51. The van der Waals surface area contributed by atoms with Crippen molar-refractivity contribution >= 4 is 16.9 Å². The number of nitrogens with zero attached hydrogens (tertiary/aromatic N) is 1. The Morgan fingerprint density at radius 1 is 1.11 bits per heavy atom. The Labute approximate surface area is 116 Å². The fraction of sp³-hybridized carbons (Fsp3) is 0.933. The SMILES string of the molecule is CC(C)C1CCCCC1NC1=N[C@@H](C(C)C)CS1. The molecule has 0 aromatic carbocycles. The van der Waals surface area contributed by atoms with Crippen LogP contribution in [0.25, 0.3) is 0 Å². The van der Waals surface area contributed by atoms with Crippen LogP contribution in [0.3, 0.4) is 0 Å². The summed E-state index contributed by atoms with van der Waals surface area (Å²) in [7, 11) is 0. The topological polar surface area (TPSA) is 24.4 Å². The summed E-state index contributed by atoms with van der Waals surface area (Å²) < 4.78 is 0. The van der Waals surface area contributed by atoms with Crippen molar-refractivity contribution in [3.05, 3.63) is 0 Å². The predicted octanol–water partition coefficient (Wildman–Crippen LogP) is 3.92. The second kappa shape index (κ2) is 6.31. The minimum atomic E-state index is 0.526. The lowest BCUT2D eigenvalue weighted by atomic mass is 9.78. The minimum Gasteiger partial charge on any atom is -0.362 e. The predicted molar refractivity (Wildman–Crippen MR) is 82.2 cm³/mol. The molecular weight excluding hydrogens is 240 g/mol. The lowest BCUT2D eigenvalue weighted by molar-refractivity contribution is 0.225. The Bertz CT molecular complexity index is 299. The van der Waals surface area contributed by atoms with E-state index in [2.05, 4.69) is 33.0 Å². The van der Waals surface area contributed by atoms with Gasteiger partial charge in [0, 0.05) is 11.8 Å². The zero-order valence-electron chi connectivity index (χ0n) is 12.3. The average Bonchev–Trinajstić information content (AvgIpc) is 2.78. The Balaban J connectivity index is 1.93. The summed E-state index contributed by atoms with van der Waals surface area (Å²) in [6, 6.07) is 1.19. The maximum absolute atomic E-state index is 4.84. The van der Waals surface area contributed by atoms with Crippen LogP contribution < -0.4 is 5.32 Å². The number of nitrogens with one attached hydrogen (secondary N) is 1. The van der Waals surface area contributed by atoms with Crippen LogP contribution in [0, 0.1) is 17.8 Å². The molecule has 1 aliphatic heterocycles. The van der Waals surface area contributed by atoms with Crippen LogP contribution in [-0.2, 0) is 0 Å². The number of aliphatic imine (C=N–C) groups is 1. The van der Waals surface area contributed by atoms with E-state index in [0.717, 1.165) is 11.8 Å². The zero-order chi connectivity index (χ0) is 13.1. The third-order valence-corrected chi connectivity index (χ3v) is 5.43. The van der Waals surface area contributed by atoms with Crippen LogP contribution in [0.4, 0.5) is 0 Å². The van der Waals surface area contributed by atoms with Gasteiger partial charge in [-0.1, -0.05) is 52.3 Å². The van der Waals surface area contributed by atoms with Crippen LogP contribution in [-0.4, -0.2) is 23.0 Å². The van der Waals surface area contributed by atoms with E-state index in [0.29, 0.717) is 18.0 Å². The highest BCUT2D eigenvalue weighted by Gasteiger charge is 2.30. The molecular formula is C15H28N2S. The largest absolute Gasteiger partial charge is 0.362 e. The van der Waals surface area contributed by atoms with Gasteiger partial charge in [-0.05, 0) is 30.6 Å². The van der Waals surface area contributed by atoms with Gasteiger partial charge in [-0.2, -0.15) is 0 Å². The first-order valence-electron chi connectivity index (χ1n) is 7.55. The molecule has 3 atom stereocenters. The molecule has 104 valence electrons. The van der Waals surface area contributed by atoms with E-state index in [-0.39, 0.29) is 0 Å². The molecule has 18 heavy (non-hydrogen) atoms. The average molecular weight is 268 g/mol. The second-order valence-corrected chi connectivity index (χ2v) is 7.51. The lowest BCUT2D eigenvalue weighted by Gasteiger charge is -2.35. The lowest BCUT2D eigenvalue weighted by Crippen LogP contribution is -2.42. The molecule has 1 aliphatic carbocycles. The third-order valence-electron chi connectivity index (χ3n) is 4.43. The van der Waals surface area contributed by atoms with Gasteiger partial charge >= 0.3 is 0 Å². The summed E-state index contributed by atoms with van der Waals surface area (Å²) in [5.41, 5.74) is 0. The monoisotopic (exact) mass is 268 g/mol. The molecule has 1 N–H and O–H groups in total. The molecule has 2 aliphatic rings. The van der Waals surface area contributed by atoms with Gasteiger partial charge < -0.3 is 5.32 Å². The van der Waals surface area contributed by atoms with Gasteiger partial charge in [0.15, 0.2) is 5.17 Å². The van der Waals surface area contributed by atoms with E-state index in [1.807, 2.05) is 11.8 Å². The van der Waals surface area contributed by atoms with E-state index in [1.54, 1.807) is 0 Å². The number of thioether (sulfide) groups is 1. The molecule has 0 aromatic rings. The zero-order valence-corrected chi connectivity index (χ0v) is 13.1. The van der Waals surface area contributed by atoms with Gasteiger partial charge in [0.25, 0.3) is 0 Å². The van der Waals surface area contributed by atoms with Crippen molar-refractivity contribution in [1.29, 1.82) is 0 Å². The molecule has 0 bridgehead atoms. The quantitative estimate of drug-likeness (QED) is 0.839. The summed E-state index contributed by atoms with van der Waals surface area (Å²) in [4.78, 5) is 4.84. The summed E-state index contributed by atoms with van der Waals surface area (Å²) >= 11 is 1.93. The molecule has 1 heterocycles. The molecule has 0 saturated heterocycles. The van der Waals surface area contributed by atoms with Gasteiger partial charge in [-0.3, -0.25) is 4.99 Å². The smallest absolute Gasteiger partial charge is 0.157 e. The molecule has 1 fully saturated rings. The molecule has 0 spiro atoms. The van der Waals surface area contributed by atoms with Crippen LogP contribution in [0.1, 0.15) is 53.4 Å². The number of amidine groups is 1. The number of hydrogen-bond donors (Lipinski definition) is 1. The Kier molecular flexibility index (Phi) is 4.99. The van der Waals surface area contributed by atoms with E-state index in [1.165, 1.54) is 36.6 Å². The molecule has 2 unspecified atom stereocenters. The first kappa shape index (κ1) is 14.2. The van der Waals surface area contributed by atoms with Gasteiger partial charge in [0.05, 0.1) is 6.04 Å². The minimum absolute atomic E-state index is 0.526. The van der Waals surface area contributed by atoms with Crippen molar-refractivity contribution in [2.24, 2.45) is 22.7 Å². The maximum atomic E-state index is 4.84. The highest BCUT2D eigenvalue weighted by Crippen LogP contribution is 2.31. The van der Waals surface area contributed by atoms with Gasteiger partial charge in [-0.15, -0.1) is 0 Å². The molecule has 2 rings (SSSR count). The number of hydrogen-bond acceptors (Lipinski definition) is 3. The summed E-state index contributed by atoms with van der Waals surface area (Å²) in [5.74, 6) is 3.46. The highest BCUT2D eigenvalue weighted by molar-refractivity contribution is 8.14. The standard InChI is InChI=1S/C15H28N2S/c1-10(2)12-7-5-6-8-13(12)16-15-17-14(9-18-15)11(3)4/h10-14H,5-9H2,1-4H3,(H,16,17)/t12?,13?,14-/m1/s1. The Hall–Kier alpha value is -0.180. The van der Waals surface area contributed by atoms with Crippen molar-refractivity contribution in [2.45, 2.75) is 65.5 Å². The second-order valence-electron chi connectivity index (χ2n) is 6.50. The normalized spacial score (nSPS) is 33.0. The van der Waals surface area contributed by atoms with E-state index in [4.69, 9.17) is 4.99 Å². The van der Waals surface area contributed by atoms with E-state index in [9.17, 15) is 0 Å². The Morgan fingerprint density at radius 2 is 1.83 bits per heavy atom. The van der Waals surface area contributed by atoms with Crippen LogP contribution in [0.2, 0.25) is 0 Å². The third kappa shape index (κ3) is 3.43. The van der Waals surface area contributed by atoms with Crippen LogP contribution in [0.15, 0.2) is 4.99 Å². The van der Waals surface area contributed by atoms with Crippen LogP contribution in [0.5, 0.6) is 0 Å². The first-order valence-corrected chi connectivity index (χ1v) is 8.53. The molecule has 0 aromatic heterocycles. The van der Waals surface area contributed by atoms with Crippen molar-refractivity contribution < 1.29 is 0 Å². The fourth-order valence-corrected chi connectivity index (χ4v) is 4.34. The first-order chi connectivity index (χ1) is 8.58. The highest BCUT2D eigenvalue weighted by atomic mass is 32.2. The van der Waals surface area contributed by atoms with Crippen molar-refractivity contribution in [2.75, 3.05) is 5.75 Å². The Morgan fingerprint density at radius 3 is 2.44 bits per heavy atom. The maximum Gasteiger partial charge on any atom is 0.157 e. The fourth-order valence-electron chi connectivity index (χ4n) is 3.11. The van der Waals surface area contributed by atoms with Crippen molar-refractivity contribution in [1.82, 2.24) is 5.32 Å². The van der Waals surface area contributed by atoms with Crippen LogP contribution >= 0.6 is 11.8 Å². The van der Waals surface area contributed by atoms with Gasteiger partial charge in [-0.25, -0.2) is 0 Å². The molecule has 3 heteroatoms. The van der Waals surface area contributed by atoms with E-state index >= 15 is 0 Å². The van der Waals surface area contributed by atoms with Gasteiger partial charge in [0.2, 0.25) is 0 Å². The summed E-state index contributed by atoms with van der Waals surface area (Å²) in [5, 5.41) is 4.96. The molecule has 0 radical (unpaired) electrons. The van der Waals surface area contributed by atoms with Gasteiger partial charge in [0.1, 0.15) is 0 Å². The number of rotatable bonds is 3. The van der Waals surface area contributed by atoms with E-state index < -0.39 is 0 Å². The van der Waals surface area contributed by atoms with Crippen molar-refractivity contribution in [3.63, 3.8) is 0 Å².